The van der Waals surface area contributed by atoms with E-state index in [9.17, 15) is 15.0 Å². The summed E-state index contributed by atoms with van der Waals surface area (Å²) >= 11 is 0. The van der Waals surface area contributed by atoms with Gasteiger partial charge in [0.25, 0.3) is 0 Å². The maximum absolute atomic E-state index is 12.7. The van der Waals surface area contributed by atoms with E-state index in [-0.39, 0.29) is 13.0 Å². The van der Waals surface area contributed by atoms with E-state index in [1.54, 1.807) is 6.20 Å². The fraction of sp³-hybridized carbons (Fsp3) is 0.769. The lowest BCUT2D eigenvalue weighted by Gasteiger charge is -2.14. The van der Waals surface area contributed by atoms with Gasteiger partial charge in [0.1, 0.15) is 18.1 Å². The summed E-state index contributed by atoms with van der Waals surface area (Å²) in [7, 11) is 0. The van der Waals surface area contributed by atoms with Crippen molar-refractivity contribution in [1.29, 1.82) is 0 Å². The lowest BCUT2D eigenvalue weighted by Crippen LogP contribution is -2.27. The Labute approximate surface area is 197 Å². The van der Waals surface area contributed by atoms with Gasteiger partial charge < -0.3 is 19.4 Å². The molecule has 2 N–H and O–H groups in total. The van der Waals surface area contributed by atoms with Crippen LogP contribution in [0.25, 0.3) is 11.1 Å². The fourth-order valence-corrected chi connectivity index (χ4v) is 4.77. The smallest absolute Gasteiger partial charge is 0.353 e. The van der Waals surface area contributed by atoms with Gasteiger partial charge in [-0.25, -0.2) is 4.79 Å². The van der Waals surface area contributed by atoms with E-state index in [0.29, 0.717) is 5.71 Å². The predicted octanol–water partition coefficient (Wildman–Crippen LogP) is 5.05. The summed E-state index contributed by atoms with van der Waals surface area (Å²) in [6.07, 6.45) is 15.1. The summed E-state index contributed by atoms with van der Waals surface area (Å²) < 4.78 is 13.3. The minimum atomic E-state index is -0.798. The van der Waals surface area contributed by atoms with Gasteiger partial charge in [0.2, 0.25) is 5.71 Å². The van der Waals surface area contributed by atoms with Crippen LogP contribution in [0.15, 0.2) is 15.4 Å². The number of hydrogen-bond acceptors (Lipinski definition) is 6. The molecule has 0 aromatic carbocycles. The first-order chi connectivity index (χ1) is 16.1. The summed E-state index contributed by atoms with van der Waals surface area (Å²) in [6.45, 7) is 4.16. The van der Waals surface area contributed by atoms with Crippen LogP contribution < -0.4 is 5.69 Å². The van der Waals surface area contributed by atoms with E-state index >= 15 is 0 Å². The van der Waals surface area contributed by atoms with Crippen molar-refractivity contribution in [3.63, 3.8) is 0 Å². The van der Waals surface area contributed by atoms with Crippen molar-refractivity contribution in [2.45, 2.75) is 122 Å². The Morgan fingerprint density at radius 2 is 1.64 bits per heavy atom. The molecule has 33 heavy (non-hydrogen) atoms. The second-order valence-electron chi connectivity index (χ2n) is 9.45. The Morgan fingerprint density at radius 3 is 2.30 bits per heavy atom. The number of aryl methyl sites for hydroxylation is 2. The molecule has 186 valence electrons. The van der Waals surface area contributed by atoms with Crippen molar-refractivity contribution >= 4 is 11.1 Å². The monoisotopic (exact) mass is 462 g/mol. The fourth-order valence-electron chi connectivity index (χ4n) is 4.77. The summed E-state index contributed by atoms with van der Waals surface area (Å²) in [6, 6.07) is 0. The molecule has 1 saturated heterocycles. The molecule has 1 fully saturated rings. The molecule has 7 nitrogen and oxygen atoms in total. The van der Waals surface area contributed by atoms with Crippen molar-refractivity contribution in [2.75, 3.05) is 6.61 Å². The van der Waals surface area contributed by atoms with Gasteiger partial charge in [-0.05, 0) is 19.3 Å². The highest BCUT2D eigenvalue weighted by atomic mass is 16.5. The molecule has 0 amide bonds. The molecule has 0 spiro atoms. The number of furan rings is 1. The van der Waals surface area contributed by atoms with Gasteiger partial charge in [0, 0.05) is 24.6 Å². The Balaban J connectivity index is 1.77. The third-order valence-electron chi connectivity index (χ3n) is 6.78. The molecular weight excluding hydrogens is 420 g/mol. The quantitative estimate of drug-likeness (QED) is 0.360. The van der Waals surface area contributed by atoms with E-state index in [0.717, 1.165) is 42.4 Å². The molecule has 3 heterocycles. The number of nitrogens with zero attached hydrogens (tertiary/aromatic N) is 2. The third kappa shape index (κ3) is 6.90. The van der Waals surface area contributed by atoms with Crippen LogP contribution in [0.1, 0.15) is 108 Å². The van der Waals surface area contributed by atoms with Gasteiger partial charge in [-0.3, -0.25) is 4.57 Å². The molecule has 2 aromatic rings. The van der Waals surface area contributed by atoms with Crippen LogP contribution in [-0.2, 0) is 17.6 Å². The Morgan fingerprint density at radius 1 is 1.00 bits per heavy atom. The van der Waals surface area contributed by atoms with Crippen LogP contribution in [0.2, 0.25) is 0 Å². The molecule has 0 radical (unpaired) electrons. The predicted molar refractivity (Wildman–Crippen MR) is 129 cm³/mol. The average molecular weight is 463 g/mol. The molecule has 1 aliphatic heterocycles. The summed E-state index contributed by atoms with van der Waals surface area (Å²) in [5.74, 6) is 0.959. The van der Waals surface area contributed by atoms with E-state index < -0.39 is 24.1 Å². The number of aliphatic hydroxyl groups is 2. The van der Waals surface area contributed by atoms with Crippen LogP contribution in [0.5, 0.6) is 0 Å². The second kappa shape index (κ2) is 13.3. The topological polar surface area (TPSA) is 97.7 Å². The maximum Gasteiger partial charge on any atom is 0.353 e. The molecule has 7 heteroatoms. The number of unbranched alkanes of at least 4 members (excludes halogenated alkanes) is 9. The van der Waals surface area contributed by atoms with Gasteiger partial charge in [-0.15, -0.1) is 0 Å². The normalized spacial score (nSPS) is 20.8. The van der Waals surface area contributed by atoms with Crippen LogP contribution in [0, 0.1) is 0 Å². The van der Waals surface area contributed by atoms with E-state index in [1.165, 1.54) is 62.4 Å². The Kier molecular flexibility index (Phi) is 10.4. The van der Waals surface area contributed by atoms with Crippen LogP contribution in [0.4, 0.5) is 0 Å². The largest absolute Gasteiger partial charge is 0.442 e. The van der Waals surface area contributed by atoms with Gasteiger partial charge in [0.05, 0.1) is 18.1 Å². The zero-order chi connectivity index (χ0) is 23.6. The highest BCUT2D eigenvalue weighted by Crippen LogP contribution is 2.31. The molecule has 0 saturated carbocycles. The van der Waals surface area contributed by atoms with E-state index in [1.807, 2.05) is 0 Å². The SMILES string of the molecule is CCCCCCCCCc1oc2nc(=O)n([C@H]3C[C@H](O)[C@@H](CO)O3)cc2c1CCCCCC. The van der Waals surface area contributed by atoms with Crippen molar-refractivity contribution in [1.82, 2.24) is 9.55 Å². The highest BCUT2D eigenvalue weighted by Gasteiger charge is 2.35. The molecule has 0 bridgehead atoms. The minimum Gasteiger partial charge on any atom is -0.442 e. The number of ether oxygens (including phenoxy) is 1. The molecule has 1 aliphatic rings. The van der Waals surface area contributed by atoms with Crippen LogP contribution >= 0.6 is 0 Å². The van der Waals surface area contributed by atoms with Crippen molar-refractivity contribution in [3.05, 3.63) is 28.0 Å². The third-order valence-corrected chi connectivity index (χ3v) is 6.78. The minimum absolute atomic E-state index is 0.257. The zero-order valence-electron chi connectivity index (χ0n) is 20.4. The number of aromatic nitrogens is 2. The zero-order valence-corrected chi connectivity index (χ0v) is 20.4. The first kappa shape index (κ1) is 25.9. The number of aliphatic hydroxyl groups excluding tert-OH is 2. The van der Waals surface area contributed by atoms with Gasteiger partial charge in [-0.2, -0.15) is 4.98 Å². The first-order valence-corrected chi connectivity index (χ1v) is 13.1. The van der Waals surface area contributed by atoms with Crippen molar-refractivity contribution < 1.29 is 19.4 Å². The van der Waals surface area contributed by atoms with Crippen molar-refractivity contribution in [3.8, 4) is 0 Å². The Hall–Kier alpha value is -1.70. The van der Waals surface area contributed by atoms with E-state index in [2.05, 4.69) is 18.8 Å². The second-order valence-corrected chi connectivity index (χ2v) is 9.45. The average Bonchev–Trinajstić information content (AvgIpc) is 3.34. The van der Waals surface area contributed by atoms with Gasteiger partial charge >= 0.3 is 5.69 Å². The number of hydrogen-bond donors (Lipinski definition) is 2. The first-order valence-electron chi connectivity index (χ1n) is 13.1. The lowest BCUT2D eigenvalue weighted by molar-refractivity contribution is -0.0457. The summed E-state index contributed by atoms with van der Waals surface area (Å²) in [5, 5.41) is 20.4. The van der Waals surface area contributed by atoms with Crippen LogP contribution in [-0.4, -0.2) is 38.6 Å². The van der Waals surface area contributed by atoms with E-state index in [4.69, 9.17) is 9.15 Å². The lowest BCUT2D eigenvalue weighted by atomic mass is 10.0. The molecule has 0 aliphatic carbocycles. The molecule has 3 rings (SSSR count). The number of fused-ring (bicyclic) bond motifs is 1. The van der Waals surface area contributed by atoms with Crippen LogP contribution in [0.3, 0.4) is 0 Å². The number of rotatable bonds is 15. The van der Waals surface area contributed by atoms with Gasteiger partial charge in [-0.1, -0.05) is 71.6 Å². The standard InChI is InChI=1S/C26H42N2O5/c1-3-5-7-9-10-11-13-15-22-19(14-12-8-6-4-2)20-17-28(26(31)27-25(20)33-22)24-16-21(30)23(18-29)32-24/h17,21,23-24,29-30H,3-16,18H2,1-2H3/t21-,23+,24+/m0/s1. The molecule has 0 unspecified atom stereocenters. The van der Waals surface area contributed by atoms with Crippen molar-refractivity contribution in [2.24, 2.45) is 0 Å². The molecule has 2 aromatic heterocycles. The molecule has 3 atom stereocenters. The summed E-state index contributed by atoms with van der Waals surface area (Å²) in [5.41, 5.74) is 1.11. The highest BCUT2D eigenvalue weighted by molar-refractivity contribution is 5.78. The summed E-state index contributed by atoms with van der Waals surface area (Å²) in [4.78, 5) is 16.9. The Bertz CT molecular complexity index is 906. The maximum atomic E-state index is 12.7. The molecular formula is C26H42N2O5. The van der Waals surface area contributed by atoms with Gasteiger partial charge in [0.15, 0.2) is 0 Å².